The molecule has 6 nitrogen and oxygen atoms in total. The molecule has 0 spiro atoms. The molecule has 0 radical (unpaired) electrons. The van der Waals surface area contributed by atoms with E-state index in [9.17, 15) is 8.42 Å². The molecule has 26 heavy (non-hydrogen) atoms. The van der Waals surface area contributed by atoms with Crippen LogP contribution in [-0.2, 0) is 9.84 Å². The maximum atomic E-state index is 11.7. The van der Waals surface area contributed by atoms with Crippen LogP contribution in [0.15, 0.2) is 4.99 Å². The van der Waals surface area contributed by atoms with Gasteiger partial charge in [-0.05, 0) is 26.2 Å². The first-order valence-electron chi connectivity index (χ1n) is 9.61. The van der Waals surface area contributed by atoms with Crippen molar-refractivity contribution in [2.24, 2.45) is 4.99 Å². The van der Waals surface area contributed by atoms with Crippen molar-refractivity contribution in [2.45, 2.75) is 50.6 Å². The number of aliphatic imine (C=N–C) groups is 1. The Balaban J connectivity index is 0.00000243. The zero-order valence-electron chi connectivity index (χ0n) is 15.7. The van der Waals surface area contributed by atoms with Crippen LogP contribution in [0.5, 0.6) is 0 Å². The van der Waals surface area contributed by atoms with Crippen LogP contribution in [0.2, 0.25) is 0 Å². The lowest BCUT2D eigenvalue weighted by molar-refractivity contribution is 0.112. The molecule has 1 aliphatic carbocycles. The first-order valence-corrected chi connectivity index (χ1v) is 12.6. The molecule has 2 aliphatic heterocycles. The molecule has 3 rings (SSSR count). The van der Waals surface area contributed by atoms with Gasteiger partial charge in [0.2, 0.25) is 0 Å². The predicted octanol–water partition coefficient (Wildman–Crippen LogP) is 1.71. The van der Waals surface area contributed by atoms with E-state index in [4.69, 9.17) is 4.99 Å². The summed E-state index contributed by atoms with van der Waals surface area (Å²) in [7, 11) is -2.87. The van der Waals surface area contributed by atoms with Crippen molar-refractivity contribution < 1.29 is 8.42 Å². The zero-order chi connectivity index (χ0) is 17.8. The lowest BCUT2D eigenvalue weighted by Crippen LogP contribution is -2.53. The maximum Gasteiger partial charge on any atom is 0.191 e. The van der Waals surface area contributed by atoms with Crippen LogP contribution in [-0.4, -0.2) is 80.0 Å². The summed E-state index contributed by atoms with van der Waals surface area (Å²) in [6, 6.07) is -0.00582. The Kier molecular flexibility index (Phi) is 8.81. The smallest absolute Gasteiger partial charge is 0.191 e. The maximum absolute atomic E-state index is 11.7. The summed E-state index contributed by atoms with van der Waals surface area (Å²) in [5.41, 5.74) is 0.213. The van der Waals surface area contributed by atoms with E-state index in [2.05, 4.69) is 34.2 Å². The topological polar surface area (TPSA) is 73.8 Å². The highest BCUT2D eigenvalue weighted by Gasteiger charge is 2.40. The third-order valence-corrected chi connectivity index (χ3v) is 8.38. The van der Waals surface area contributed by atoms with Crippen LogP contribution < -0.4 is 10.6 Å². The monoisotopic (exact) mass is 516 g/mol. The fraction of sp³-hybridized carbons (Fsp3) is 0.941. The number of sulfone groups is 1. The van der Waals surface area contributed by atoms with Crippen LogP contribution in [0, 0.1) is 0 Å². The Morgan fingerprint density at radius 2 is 1.96 bits per heavy atom. The molecule has 1 saturated carbocycles. The van der Waals surface area contributed by atoms with Crippen LogP contribution in [0.3, 0.4) is 0 Å². The molecule has 2 N–H and O–H groups in total. The molecule has 2 saturated heterocycles. The van der Waals surface area contributed by atoms with Crippen LogP contribution in [0.25, 0.3) is 0 Å². The molecule has 0 bridgehead atoms. The van der Waals surface area contributed by atoms with Gasteiger partial charge in [0.05, 0.1) is 18.1 Å². The first-order chi connectivity index (χ1) is 12.0. The summed E-state index contributed by atoms with van der Waals surface area (Å²) in [6.07, 6.45) is 5.74. The van der Waals surface area contributed by atoms with Crippen molar-refractivity contribution in [3.63, 3.8) is 0 Å². The number of guanidine groups is 1. The van der Waals surface area contributed by atoms with Crippen molar-refractivity contribution in [3.8, 4) is 0 Å². The molecule has 0 aromatic rings. The number of hydrogen-bond donors (Lipinski definition) is 2. The fourth-order valence-corrected chi connectivity index (χ4v) is 6.87. The number of nitrogens with zero attached hydrogens (tertiary/aromatic N) is 2. The van der Waals surface area contributed by atoms with Gasteiger partial charge in [-0.3, -0.25) is 9.89 Å². The summed E-state index contributed by atoms with van der Waals surface area (Å²) in [4.78, 5) is 7.58. The highest BCUT2D eigenvalue weighted by atomic mass is 127. The van der Waals surface area contributed by atoms with Gasteiger partial charge in [0.25, 0.3) is 0 Å². The second-order valence-electron chi connectivity index (χ2n) is 7.47. The van der Waals surface area contributed by atoms with Crippen LogP contribution in [0.1, 0.15) is 39.0 Å². The zero-order valence-corrected chi connectivity index (χ0v) is 19.7. The van der Waals surface area contributed by atoms with Gasteiger partial charge in [-0.25, -0.2) is 8.42 Å². The van der Waals surface area contributed by atoms with Gasteiger partial charge in [-0.2, -0.15) is 11.8 Å². The standard InChI is InChI=1S/C17H32N4O2S2.HI/c1-2-18-16(20-15-5-12-25(22,23)13-15)19-14-17(6-3-4-7-17)21-8-10-24-11-9-21;/h15H,2-14H2,1H3,(H2,18,19,20);1H. The van der Waals surface area contributed by atoms with Crippen molar-refractivity contribution in [1.82, 2.24) is 15.5 Å². The molecule has 152 valence electrons. The Labute approximate surface area is 179 Å². The van der Waals surface area contributed by atoms with E-state index in [-0.39, 0.29) is 41.3 Å². The average Bonchev–Trinajstić information content (AvgIpc) is 3.21. The molecule has 1 unspecified atom stereocenters. The van der Waals surface area contributed by atoms with Crippen molar-refractivity contribution >= 4 is 51.5 Å². The molecule has 3 fully saturated rings. The lowest BCUT2D eigenvalue weighted by atomic mass is 9.95. The van der Waals surface area contributed by atoms with Crippen molar-refractivity contribution in [1.29, 1.82) is 0 Å². The molecule has 2 heterocycles. The van der Waals surface area contributed by atoms with Crippen LogP contribution >= 0.6 is 35.7 Å². The van der Waals surface area contributed by atoms with Crippen LogP contribution in [0.4, 0.5) is 0 Å². The second kappa shape index (κ2) is 10.2. The third kappa shape index (κ3) is 5.88. The third-order valence-electron chi connectivity index (χ3n) is 5.67. The highest BCUT2D eigenvalue weighted by Crippen LogP contribution is 2.37. The van der Waals surface area contributed by atoms with Gasteiger partial charge < -0.3 is 10.6 Å². The molecular weight excluding hydrogens is 483 g/mol. The molecule has 3 aliphatic rings. The van der Waals surface area contributed by atoms with Gasteiger partial charge >= 0.3 is 0 Å². The Bertz CT molecular complexity index is 573. The van der Waals surface area contributed by atoms with E-state index >= 15 is 0 Å². The molecule has 0 aromatic heterocycles. The number of hydrogen-bond acceptors (Lipinski definition) is 5. The van der Waals surface area contributed by atoms with E-state index in [1.54, 1.807) is 0 Å². The molecule has 1 atom stereocenters. The molecule has 9 heteroatoms. The fourth-order valence-electron chi connectivity index (χ4n) is 4.29. The minimum absolute atomic E-state index is 0. The average molecular weight is 517 g/mol. The van der Waals surface area contributed by atoms with E-state index in [1.165, 1.54) is 50.3 Å². The van der Waals surface area contributed by atoms with Gasteiger partial charge in [0.15, 0.2) is 15.8 Å². The minimum atomic E-state index is -2.87. The van der Waals surface area contributed by atoms with E-state index in [0.717, 1.165) is 19.0 Å². The van der Waals surface area contributed by atoms with Gasteiger partial charge in [0.1, 0.15) is 0 Å². The number of halogens is 1. The Hall–Kier alpha value is 0.260. The lowest BCUT2D eigenvalue weighted by Gasteiger charge is -2.42. The Morgan fingerprint density at radius 1 is 1.27 bits per heavy atom. The summed E-state index contributed by atoms with van der Waals surface area (Å²) >= 11 is 2.05. The quantitative estimate of drug-likeness (QED) is 0.330. The SMILES string of the molecule is CCNC(=NCC1(N2CCSCC2)CCCC1)NC1CCS(=O)(=O)C1.I. The minimum Gasteiger partial charge on any atom is -0.357 e. The normalized spacial score (nSPS) is 28.5. The number of rotatable bonds is 5. The number of thioether (sulfide) groups is 1. The van der Waals surface area contributed by atoms with E-state index < -0.39 is 9.84 Å². The first kappa shape index (κ1) is 22.5. The van der Waals surface area contributed by atoms with E-state index in [0.29, 0.717) is 12.2 Å². The summed E-state index contributed by atoms with van der Waals surface area (Å²) in [5.74, 6) is 3.75. The second-order valence-corrected chi connectivity index (χ2v) is 10.9. The predicted molar refractivity (Wildman–Crippen MR) is 122 cm³/mol. The van der Waals surface area contributed by atoms with Gasteiger partial charge in [-0.15, -0.1) is 24.0 Å². The largest absolute Gasteiger partial charge is 0.357 e. The van der Waals surface area contributed by atoms with Gasteiger partial charge in [0, 0.05) is 42.7 Å². The van der Waals surface area contributed by atoms with Crippen molar-refractivity contribution in [3.05, 3.63) is 0 Å². The Morgan fingerprint density at radius 3 is 2.54 bits per heavy atom. The molecule has 0 amide bonds. The molecular formula is C17H33IN4O2S2. The molecule has 0 aromatic carbocycles. The summed E-state index contributed by atoms with van der Waals surface area (Å²) in [6.45, 7) is 6.00. The van der Waals surface area contributed by atoms with Crippen molar-refractivity contribution in [2.75, 3.05) is 49.2 Å². The summed E-state index contributed by atoms with van der Waals surface area (Å²) < 4.78 is 23.4. The van der Waals surface area contributed by atoms with E-state index in [1.807, 2.05) is 0 Å². The van der Waals surface area contributed by atoms with Gasteiger partial charge in [-0.1, -0.05) is 12.8 Å². The summed E-state index contributed by atoms with van der Waals surface area (Å²) in [5, 5.41) is 6.66. The number of nitrogens with one attached hydrogen (secondary N) is 2. The highest BCUT2D eigenvalue weighted by molar-refractivity contribution is 14.0.